The predicted molar refractivity (Wildman–Crippen MR) is 105 cm³/mol. The van der Waals surface area contributed by atoms with Crippen LogP contribution in [0.25, 0.3) is 0 Å². The molecule has 0 saturated heterocycles. The van der Waals surface area contributed by atoms with Gasteiger partial charge in [0, 0.05) is 12.8 Å². The van der Waals surface area contributed by atoms with Crippen LogP contribution in [0.4, 0.5) is 5.82 Å². The molecule has 156 valence electrons. The van der Waals surface area contributed by atoms with Crippen molar-refractivity contribution < 1.29 is 22.7 Å². The van der Waals surface area contributed by atoms with Gasteiger partial charge in [-0.1, -0.05) is 13.0 Å². The maximum atomic E-state index is 12.4. The Kier molecular flexibility index (Phi) is 6.42. The number of aromatic nitrogens is 2. The largest absolute Gasteiger partial charge is 0.454 e. The molecule has 11 heteroatoms. The number of rotatable bonds is 7. The van der Waals surface area contributed by atoms with Crippen LogP contribution in [0, 0.1) is 6.92 Å². The minimum absolute atomic E-state index is 0.0291. The third-order valence-electron chi connectivity index (χ3n) is 4.16. The minimum Gasteiger partial charge on any atom is -0.454 e. The van der Waals surface area contributed by atoms with E-state index in [4.69, 9.17) is 10.5 Å². The second-order valence-electron chi connectivity index (χ2n) is 6.42. The number of nitrogens with zero attached hydrogens (tertiary/aromatic N) is 1. The quantitative estimate of drug-likeness (QED) is 0.474. The SMILES string of the molecule is CCCn1c(N)c(C(=O)COC(=O)c2cc(S(C)(=O)=O)ccc2C)c(=O)[nH]c1=O. The van der Waals surface area contributed by atoms with Crippen LogP contribution in [-0.2, 0) is 21.1 Å². The van der Waals surface area contributed by atoms with Crippen molar-refractivity contribution >= 4 is 27.4 Å². The van der Waals surface area contributed by atoms with Gasteiger partial charge in [0.2, 0.25) is 5.78 Å². The first kappa shape index (κ1) is 22.1. The van der Waals surface area contributed by atoms with Crippen molar-refractivity contribution in [3.05, 3.63) is 55.7 Å². The molecule has 0 fully saturated rings. The van der Waals surface area contributed by atoms with Gasteiger partial charge in [0.25, 0.3) is 5.56 Å². The fourth-order valence-corrected chi connectivity index (χ4v) is 3.28. The Balaban J connectivity index is 2.29. The van der Waals surface area contributed by atoms with Gasteiger partial charge >= 0.3 is 11.7 Å². The minimum atomic E-state index is -3.54. The van der Waals surface area contributed by atoms with Gasteiger partial charge in [-0.3, -0.25) is 19.1 Å². The van der Waals surface area contributed by atoms with E-state index in [-0.39, 0.29) is 22.8 Å². The smallest absolute Gasteiger partial charge is 0.338 e. The Morgan fingerprint density at radius 3 is 2.48 bits per heavy atom. The summed E-state index contributed by atoms with van der Waals surface area (Å²) >= 11 is 0. The summed E-state index contributed by atoms with van der Waals surface area (Å²) in [5, 5.41) is 0. The average Bonchev–Trinajstić information content (AvgIpc) is 2.62. The molecule has 0 saturated carbocycles. The summed E-state index contributed by atoms with van der Waals surface area (Å²) in [5.41, 5.74) is 4.02. The highest BCUT2D eigenvalue weighted by atomic mass is 32.2. The van der Waals surface area contributed by atoms with Crippen molar-refractivity contribution in [2.24, 2.45) is 0 Å². The van der Waals surface area contributed by atoms with Gasteiger partial charge in [-0.05, 0) is 31.0 Å². The van der Waals surface area contributed by atoms with Crippen LogP contribution in [-0.4, -0.2) is 42.6 Å². The third kappa shape index (κ3) is 4.80. The zero-order chi connectivity index (χ0) is 21.9. The lowest BCUT2D eigenvalue weighted by Gasteiger charge is -2.12. The number of ether oxygens (including phenoxy) is 1. The van der Waals surface area contributed by atoms with Crippen molar-refractivity contribution in [2.45, 2.75) is 31.7 Å². The molecule has 2 aromatic rings. The van der Waals surface area contributed by atoms with Gasteiger partial charge in [0.05, 0.1) is 10.5 Å². The van der Waals surface area contributed by atoms with Crippen molar-refractivity contribution in [1.82, 2.24) is 9.55 Å². The molecule has 0 atom stereocenters. The molecule has 1 heterocycles. The fourth-order valence-electron chi connectivity index (χ4n) is 2.64. The van der Waals surface area contributed by atoms with E-state index in [1.807, 2.05) is 4.98 Å². The Hall–Kier alpha value is -3.21. The molecule has 0 aliphatic carbocycles. The van der Waals surface area contributed by atoms with Crippen molar-refractivity contribution in [1.29, 1.82) is 0 Å². The van der Waals surface area contributed by atoms with E-state index in [0.717, 1.165) is 16.9 Å². The zero-order valence-corrected chi connectivity index (χ0v) is 17.0. The molecule has 0 bridgehead atoms. The van der Waals surface area contributed by atoms with Crippen LogP contribution >= 0.6 is 0 Å². The molecule has 0 amide bonds. The molecule has 10 nitrogen and oxygen atoms in total. The van der Waals surface area contributed by atoms with E-state index in [9.17, 15) is 27.6 Å². The number of carbonyl (C=O) groups excluding carboxylic acids is 2. The van der Waals surface area contributed by atoms with Gasteiger partial charge in [-0.2, -0.15) is 0 Å². The van der Waals surface area contributed by atoms with Crippen LogP contribution in [0.5, 0.6) is 0 Å². The molecule has 0 spiro atoms. The summed E-state index contributed by atoms with van der Waals surface area (Å²) in [6.45, 7) is 2.75. The first-order chi connectivity index (χ1) is 13.5. The van der Waals surface area contributed by atoms with Crippen molar-refractivity contribution in [3.63, 3.8) is 0 Å². The number of Topliss-reactive ketones (excluding diaryl/α,β-unsaturated/α-hetero) is 1. The predicted octanol–water partition coefficient (Wildman–Crippen LogP) is 0.280. The topological polar surface area (TPSA) is 158 Å². The number of carbonyl (C=O) groups is 2. The molecule has 1 aromatic carbocycles. The maximum Gasteiger partial charge on any atom is 0.338 e. The number of aromatic amines is 1. The Morgan fingerprint density at radius 1 is 1.24 bits per heavy atom. The molecule has 29 heavy (non-hydrogen) atoms. The van der Waals surface area contributed by atoms with Gasteiger partial charge in [-0.15, -0.1) is 0 Å². The number of esters is 1. The maximum absolute atomic E-state index is 12.4. The highest BCUT2D eigenvalue weighted by molar-refractivity contribution is 7.90. The molecule has 0 aliphatic rings. The number of ketones is 1. The summed E-state index contributed by atoms with van der Waals surface area (Å²) < 4.78 is 29.3. The van der Waals surface area contributed by atoms with Gasteiger partial charge in [0.15, 0.2) is 16.4 Å². The van der Waals surface area contributed by atoms with Crippen LogP contribution < -0.4 is 17.0 Å². The second kappa shape index (κ2) is 8.43. The number of sulfone groups is 1. The summed E-state index contributed by atoms with van der Waals surface area (Å²) in [6, 6.07) is 3.95. The Labute approximate surface area is 166 Å². The van der Waals surface area contributed by atoms with E-state index < -0.39 is 45.0 Å². The number of hydrogen-bond acceptors (Lipinski definition) is 8. The monoisotopic (exact) mass is 423 g/mol. The lowest BCUT2D eigenvalue weighted by atomic mass is 10.1. The van der Waals surface area contributed by atoms with Crippen molar-refractivity contribution in [3.8, 4) is 0 Å². The van der Waals surface area contributed by atoms with Gasteiger partial charge < -0.3 is 10.5 Å². The van der Waals surface area contributed by atoms with Crippen LogP contribution in [0.15, 0.2) is 32.7 Å². The van der Waals surface area contributed by atoms with Crippen LogP contribution in [0.2, 0.25) is 0 Å². The first-order valence-electron chi connectivity index (χ1n) is 8.61. The number of nitrogens with one attached hydrogen (secondary N) is 1. The number of aryl methyl sites for hydroxylation is 1. The first-order valence-corrected chi connectivity index (χ1v) is 10.5. The molecule has 1 aromatic heterocycles. The van der Waals surface area contributed by atoms with Gasteiger partial charge in [0.1, 0.15) is 11.4 Å². The normalized spacial score (nSPS) is 11.3. The molecule has 2 rings (SSSR count). The Morgan fingerprint density at radius 2 is 1.90 bits per heavy atom. The summed E-state index contributed by atoms with van der Waals surface area (Å²) in [5.74, 6) is -2.13. The van der Waals surface area contributed by atoms with Crippen LogP contribution in [0.1, 0.15) is 39.6 Å². The zero-order valence-electron chi connectivity index (χ0n) is 16.1. The standard InChI is InChI=1S/C18H21N3O7S/c1-4-7-21-15(19)14(16(23)20-18(21)25)13(22)9-28-17(24)12-8-11(29(3,26)27)6-5-10(12)2/h5-6,8H,4,7,9,19H2,1-3H3,(H,20,23,25). The van der Waals surface area contributed by atoms with E-state index >= 15 is 0 Å². The van der Waals surface area contributed by atoms with E-state index in [2.05, 4.69) is 0 Å². The number of nitrogens with two attached hydrogens (primary N) is 1. The lowest BCUT2D eigenvalue weighted by molar-refractivity contribution is 0.0473. The fraction of sp³-hybridized carbons (Fsp3) is 0.333. The summed E-state index contributed by atoms with van der Waals surface area (Å²) in [7, 11) is -3.54. The van der Waals surface area contributed by atoms with Gasteiger partial charge in [-0.25, -0.2) is 18.0 Å². The summed E-state index contributed by atoms with van der Waals surface area (Å²) in [6.07, 6.45) is 1.53. The molecule has 3 N–H and O–H groups in total. The van der Waals surface area contributed by atoms with Crippen molar-refractivity contribution in [2.75, 3.05) is 18.6 Å². The molecular formula is C18H21N3O7S. The average molecular weight is 423 g/mol. The number of anilines is 1. The Bertz CT molecular complexity index is 1190. The highest BCUT2D eigenvalue weighted by Crippen LogP contribution is 2.17. The molecular weight excluding hydrogens is 402 g/mol. The number of hydrogen-bond donors (Lipinski definition) is 2. The summed E-state index contributed by atoms with van der Waals surface area (Å²) in [4.78, 5) is 50.5. The molecule has 0 aliphatic heterocycles. The second-order valence-corrected chi connectivity index (χ2v) is 8.44. The molecule has 0 radical (unpaired) electrons. The molecule has 0 unspecified atom stereocenters. The number of nitrogen functional groups attached to an aromatic ring is 1. The third-order valence-corrected chi connectivity index (χ3v) is 5.27. The van der Waals surface area contributed by atoms with E-state index in [1.165, 1.54) is 12.1 Å². The van der Waals surface area contributed by atoms with E-state index in [1.54, 1.807) is 13.8 Å². The highest BCUT2D eigenvalue weighted by Gasteiger charge is 2.22. The van der Waals surface area contributed by atoms with E-state index in [0.29, 0.717) is 12.0 Å². The number of benzene rings is 1. The number of H-pyrrole nitrogens is 1. The lowest BCUT2D eigenvalue weighted by Crippen LogP contribution is -2.37. The van der Waals surface area contributed by atoms with Crippen LogP contribution in [0.3, 0.4) is 0 Å².